The van der Waals surface area contributed by atoms with Crippen molar-refractivity contribution in [2.45, 2.75) is 37.7 Å². The molecular formula is C20H19NO3. The van der Waals surface area contributed by atoms with Crippen LogP contribution in [-0.4, -0.2) is 17.3 Å². The zero-order chi connectivity index (χ0) is 16.7. The van der Waals surface area contributed by atoms with Crippen LogP contribution in [0.15, 0.2) is 42.5 Å². The monoisotopic (exact) mass is 321 g/mol. The predicted molar refractivity (Wildman–Crippen MR) is 91.2 cm³/mol. The van der Waals surface area contributed by atoms with Crippen molar-refractivity contribution in [1.29, 1.82) is 0 Å². The normalized spacial score (nSPS) is 18.2. The predicted octanol–water partition coefficient (Wildman–Crippen LogP) is 3.73. The molecule has 2 aromatic carbocycles. The van der Waals surface area contributed by atoms with Crippen LogP contribution in [0.5, 0.6) is 5.75 Å². The van der Waals surface area contributed by atoms with Gasteiger partial charge in [0.05, 0.1) is 12.0 Å². The molecule has 122 valence electrons. The largest absolute Gasteiger partial charge is 0.486 e. The molecule has 0 radical (unpaired) electrons. The number of ether oxygens (including phenoxy) is 1. The molecule has 4 heteroatoms. The van der Waals surface area contributed by atoms with Crippen LogP contribution < -0.4 is 10.5 Å². The Bertz CT molecular complexity index is 817. The summed E-state index contributed by atoms with van der Waals surface area (Å²) in [6.07, 6.45) is 4.67. The molecule has 2 N–H and O–H groups in total. The summed E-state index contributed by atoms with van der Waals surface area (Å²) in [6, 6.07) is 12.8. The van der Waals surface area contributed by atoms with Gasteiger partial charge in [0.2, 0.25) is 5.91 Å². The number of ketones is 1. The van der Waals surface area contributed by atoms with E-state index in [1.807, 2.05) is 30.3 Å². The first-order valence-corrected chi connectivity index (χ1v) is 8.33. The summed E-state index contributed by atoms with van der Waals surface area (Å²) in [6.45, 7) is 0. The first kappa shape index (κ1) is 14.9. The van der Waals surface area contributed by atoms with Gasteiger partial charge in [-0.05, 0) is 61.1 Å². The topological polar surface area (TPSA) is 69.4 Å². The van der Waals surface area contributed by atoms with Gasteiger partial charge >= 0.3 is 0 Å². The zero-order valence-electron chi connectivity index (χ0n) is 13.4. The van der Waals surface area contributed by atoms with Crippen molar-refractivity contribution in [1.82, 2.24) is 0 Å². The van der Waals surface area contributed by atoms with Crippen LogP contribution in [0.2, 0.25) is 0 Å². The van der Waals surface area contributed by atoms with Gasteiger partial charge in [0.25, 0.3) is 0 Å². The number of amides is 1. The number of fused-ring (bicyclic) bond motifs is 1. The highest BCUT2D eigenvalue weighted by molar-refractivity contribution is 6.01. The standard InChI is InChI=1S/C20H19NO3/c21-19(23)14-5-3-13(4-6-14)15-7-8-18-16(11-15)17(22)12-20(24-18)9-1-2-10-20/h3-8,11H,1-2,9-10,12H2,(H2,21,23). The Morgan fingerprint density at radius 2 is 1.67 bits per heavy atom. The minimum Gasteiger partial charge on any atom is -0.486 e. The Kier molecular flexibility index (Phi) is 3.41. The average Bonchev–Trinajstić information content (AvgIpc) is 3.02. The lowest BCUT2D eigenvalue weighted by Crippen LogP contribution is -2.39. The van der Waals surface area contributed by atoms with Crippen LogP contribution in [0.1, 0.15) is 52.8 Å². The summed E-state index contributed by atoms with van der Waals surface area (Å²) in [5, 5.41) is 0. The molecule has 1 saturated carbocycles. The molecule has 1 amide bonds. The number of benzene rings is 2. The molecule has 0 bridgehead atoms. The Labute approximate surface area is 140 Å². The van der Waals surface area contributed by atoms with Gasteiger partial charge in [-0.1, -0.05) is 18.2 Å². The van der Waals surface area contributed by atoms with E-state index in [-0.39, 0.29) is 11.4 Å². The number of carbonyl (C=O) groups is 2. The molecule has 0 atom stereocenters. The molecular weight excluding hydrogens is 302 g/mol. The summed E-state index contributed by atoms with van der Waals surface area (Å²) in [5.74, 6) is 0.414. The molecule has 1 fully saturated rings. The van der Waals surface area contributed by atoms with Crippen molar-refractivity contribution in [3.63, 3.8) is 0 Å². The molecule has 1 aliphatic heterocycles. The lowest BCUT2D eigenvalue weighted by Gasteiger charge is -2.34. The van der Waals surface area contributed by atoms with Crippen LogP contribution in [0.25, 0.3) is 11.1 Å². The number of rotatable bonds is 2. The average molecular weight is 321 g/mol. The molecule has 1 spiro atoms. The van der Waals surface area contributed by atoms with Gasteiger partial charge in [-0.2, -0.15) is 0 Å². The zero-order valence-corrected chi connectivity index (χ0v) is 13.4. The van der Waals surface area contributed by atoms with Crippen molar-refractivity contribution < 1.29 is 14.3 Å². The molecule has 24 heavy (non-hydrogen) atoms. The van der Waals surface area contributed by atoms with Gasteiger partial charge in [-0.15, -0.1) is 0 Å². The lowest BCUT2D eigenvalue weighted by atomic mass is 9.87. The number of hydrogen-bond donors (Lipinski definition) is 1. The van der Waals surface area contributed by atoms with E-state index in [1.165, 1.54) is 0 Å². The van der Waals surface area contributed by atoms with E-state index in [4.69, 9.17) is 10.5 Å². The van der Waals surface area contributed by atoms with Crippen molar-refractivity contribution in [3.05, 3.63) is 53.6 Å². The van der Waals surface area contributed by atoms with E-state index in [1.54, 1.807) is 12.1 Å². The maximum absolute atomic E-state index is 12.6. The van der Waals surface area contributed by atoms with Crippen LogP contribution in [0.4, 0.5) is 0 Å². The van der Waals surface area contributed by atoms with Crippen LogP contribution >= 0.6 is 0 Å². The fourth-order valence-electron chi connectivity index (χ4n) is 3.80. The van der Waals surface area contributed by atoms with Crippen molar-refractivity contribution in [3.8, 4) is 16.9 Å². The molecule has 4 nitrogen and oxygen atoms in total. The number of nitrogens with two attached hydrogens (primary N) is 1. The number of Topliss-reactive ketones (excluding diaryl/α,β-unsaturated/α-hetero) is 1. The van der Waals surface area contributed by atoms with Crippen molar-refractivity contribution in [2.75, 3.05) is 0 Å². The highest BCUT2D eigenvalue weighted by Crippen LogP contribution is 2.43. The van der Waals surface area contributed by atoms with E-state index >= 15 is 0 Å². The van der Waals surface area contributed by atoms with E-state index in [9.17, 15) is 9.59 Å². The van der Waals surface area contributed by atoms with E-state index < -0.39 is 5.91 Å². The van der Waals surface area contributed by atoms with Gasteiger partial charge < -0.3 is 10.5 Å². The van der Waals surface area contributed by atoms with Crippen molar-refractivity contribution in [2.24, 2.45) is 5.73 Å². The maximum atomic E-state index is 12.6. The van der Waals surface area contributed by atoms with E-state index in [0.29, 0.717) is 23.3 Å². The number of carbonyl (C=O) groups excluding carboxylic acids is 2. The number of hydrogen-bond acceptors (Lipinski definition) is 3. The first-order valence-electron chi connectivity index (χ1n) is 8.33. The quantitative estimate of drug-likeness (QED) is 0.916. The van der Waals surface area contributed by atoms with E-state index in [2.05, 4.69) is 0 Å². The van der Waals surface area contributed by atoms with Gasteiger partial charge in [0, 0.05) is 5.56 Å². The molecule has 0 unspecified atom stereocenters. The third kappa shape index (κ3) is 2.48. The minimum absolute atomic E-state index is 0.161. The first-order chi connectivity index (χ1) is 11.6. The highest BCUT2D eigenvalue weighted by Gasteiger charge is 2.42. The Balaban J connectivity index is 1.67. The Hall–Kier alpha value is -2.62. The van der Waals surface area contributed by atoms with Crippen molar-refractivity contribution >= 4 is 11.7 Å². The van der Waals surface area contributed by atoms with Crippen LogP contribution in [0, 0.1) is 0 Å². The molecule has 0 aromatic heterocycles. The van der Waals surface area contributed by atoms with Crippen LogP contribution in [0.3, 0.4) is 0 Å². The summed E-state index contributed by atoms with van der Waals surface area (Å²) in [7, 11) is 0. The molecule has 4 rings (SSSR count). The summed E-state index contributed by atoms with van der Waals surface area (Å²) in [4.78, 5) is 23.8. The van der Waals surface area contributed by atoms with Gasteiger partial charge in [0.1, 0.15) is 11.4 Å². The smallest absolute Gasteiger partial charge is 0.248 e. The molecule has 0 saturated heterocycles. The molecule has 1 heterocycles. The summed E-state index contributed by atoms with van der Waals surface area (Å²) >= 11 is 0. The minimum atomic E-state index is -0.447. The lowest BCUT2D eigenvalue weighted by molar-refractivity contribution is 0.0450. The van der Waals surface area contributed by atoms with E-state index in [0.717, 1.165) is 36.8 Å². The maximum Gasteiger partial charge on any atom is 0.248 e. The molecule has 2 aliphatic rings. The number of primary amides is 1. The van der Waals surface area contributed by atoms with Crippen LogP contribution in [-0.2, 0) is 0 Å². The highest BCUT2D eigenvalue weighted by atomic mass is 16.5. The second-order valence-corrected chi connectivity index (χ2v) is 6.74. The van der Waals surface area contributed by atoms with Gasteiger partial charge in [0.15, 0.2) is 5.78 Å². The Morgan fingerprint density at radius 3 is 2.33 bits per heavy atom. The summed E-state index contributed by atoms with van der Waals surface area (Å²) in [5.41, 5.74) is 8.00. The summed E-state index contributed by atoms with van der Waals surface area (Å²) < 4.78 is 6.21. The fourth-order valence-corrected chi connectivity index (χ4v) is 3.80. The third-order valence-corrected chi connectivity index (χ3v) is 5.11. The molecule has 2 aromatic rings. The SMILES string of the molecule is NC(=O)c1ccc(-c2ccc3c(c2)C(=O)CC2(CCCC2)O3)cc1. The fraction of sp³-hybridized carbons (Fsp3) is 0.300. The third-order valence-electron chi connectivity index (χ3n) is 5.11. The second-order valence-electron chi connectivity index (χ2n) is 6.74. The van der Waals surface area contributed by atoms with Gasteiger partial charge in [-0.25, -0.2) is 0 Å². The second kappa shape index (κ2) is 5.48. The van der Waals surface area contributed by atoms with Gasteiger partial charge in [-0.3, -0.25) is 9.59 Å². The Morgan fingerprint density at radius 1 is 1.00 bits per heavy atom. The molecule has 1 aliphatic carbocycles.